The van der Waals surface area contributed by atoms with Gasteiger partial charge in [-0.2, -0.15) is 9.78 Å². The summed E-state index contributed by atoms with van der Waals surface area (Å²) in [6, 6.07) is 8.62. The summed E-state index contributed by atoms with van der Waals surface area (Å²) in [5.41, 5.74) is -0.503. The van der Waals surface area contributed by atoms with Crippen molar-refractivity contribution in [3.8, 4) is 11.3 Å². The molecule has 2 N–H and O–H groups in total. The molecule has 0 saturated carbocycles. The lowest BCUT2D eigenvalue weighted by atomic mass is 9.96. The lowest BCUT2D eigenvalue weighted by Gasteiger charge is -2.18. The van der Waals surface area contributed by atoms with Crippen LogP contribution in [0.4, 0.5) is 5.82 Å². The fourth-order valence-corrected chi connectivity index (χ4v) is 4.33. The smallest absolute Gasteiger partial charge is 0.308 e. The van der Waals surface area contributed by atoms with Gasteiger partial charge in [-0.25, -0.2) is 0 Å². The topological polar surface area (TPSA) is 106 Å². The number of aromatic nitrogens is 3. The second kappa shape index (κ2) is 10.4. The van der Waals surface area contributed by atoms with Gasteiger partial charge in [0.05, 0.1) is 22.4 Å². The molecule has 180 valence electrons. The molecule has 0 spiro atoms. The number of carbonyl (C=O) groups is 2. The van der Waals surface area contributed by atoms with Crippen LogP contribution in [-0.4, -0.2) is 31.3 Å². The summed E-state index contributed by atoms with van der Waals surface area (Å²) in [7, 11) is 0. The zero-order valence-corrected chi connectivity index (χ0v) is 20.8. The Morgan fingerprint density at radius 2 is 2.06 bits per heavy atom. The molecule has 0 aliphatic rings. The number of carboxylic acids is 1. The SMILES string of the molecule is C=CCC(Cn1cccc(-c2cc(NCc3ccc(Cl)s3)n(C(=O)C(C)(C)C)n2)c1=O)C(=O)O. The van der Waals surface area contributed by atoms with Crippen molar-refractivity contribution in [2.24, 2.45) is 11.3 Å². The van der Waals surface area contributed by atoms with Gasteiger partial charge in [-0.05, 0) is 30.7 Å². The highest BCUT2D eigenvalue weighted by Crippen LogP contribution is 2.26. The Kier molecular flexibility index (Phi) is 7.78. The number of carboxylic acid groups (broad SMARTS) is 1. The molecule has 0 amide bonds. The first-order valence-corrected chi connectivity index (χ1v) is 11.9. The maximum Gasteiger partial charge on any atom is 0.308 e. The highest BCUT2D eigenvalue weighted by atomic mass is 35.5. The summed E-state index contributed by atoms with van der Waals surface area (Å²) in [5.74, 6) is -1.57. The number of anilines is 1. The number of pyridine rings is 1. The molecule has 3 aromatic rings. The predicted molar refractivity (Wildman–Crippen MR) is 135 cm³/mol. The third-order valence-corrected chi connectivity index (χ3v) is 6.36. The summed E-state index contributed by atoms with van der Waals surface area (Å²) in [5, 5.41) is 17.1. The third kappa shape index (κ3) is 5.84. The summed E-state index contributed by atoms with van der Waals surface area (Å²) in [6.07, 6.45) is 3.30. The van der Waals surface area contributed by atoms with E-state index in [0.717, 1.165) is 4.88 Å². The number of hydrogen-bond donors (Lipinski definition) is 2. The van der Waals surface area contributed by atoms with Crippen molar-refractivity contribution in [1.29, 1.82) is 0 Å². The number of nitrogens with one attached hydrogen (secondary N) is 1. The first-order chi connectivity index (χ1) is 16.0. The number of aliphatic carboxylic acids is 1. The minimum Gasteiger partial charge on any atom is -0.481 e. The molecule has 10 heteroatoms. The summed E-state index contributed by atoms with van der Waals surface area (Å²) < 4.78 is 3.29. The Balaban J connectivity index is 1.99. The second-order valence-corrected chi connectivity index (χ2v) is 10.7. The molecule has 0 radical (unpaired) electrons. The molecule has 0 fully saturated rings. The zero-order valence-electron chi connectivity index (χ0n) is 19.2. The fraction of sp³-hybridized carbons (Fsp3) is 0.333. The molecule has 0 aromatic carbocycles. The van der Waals surface area contributed by atoms with E-state index in [9.17, 15) is 19.5 Å². The maximum atomic E-state index is 13.2. The van der Waals surface area contributed by atoms with E-state index in [1.807, 2.05) is 6.07 Å². The Morgan fingerprint density at radius 3 is 2.65 bits per heavy atom. The van der Waals surface area contributed by atoms with Crippen molar-refractivity contribution < 1.29 is 14.7 Å². The molecule has 0 aliphatic carbocycles. The molecule has 1 unspecified atom stereocenters. The molecule has 8 nitrogen and oxygen atoms in total. The third-order valence-electron chi connectivity index (χ3n) is 5.13. The zero-order chi connectivity index (χ0) is 25.0. The van der Waals surface area contributed by atoms with Gasteiger partial charge in [-0.3, -0.25) is 14.4 Å². The maximum absolute atomic E-state index is 13.2. The van der Waals surface area contributed by atoms with Gasteiger partial charge in [0.25, 0.3) is 11.5 Å². The fourth-order valence-electron chi connectivity index (χ4n) is 3.30. The van der Waals surface area contributed by atoms with E-state index >= 15 is 0 Å². The number of thiophene rings is 1. The van der Waals surface area contributed by atoms with Crippen LogP contribution in [0.2, 0.25) is 4.34 Å². The van der Waals surface area contributed by atoms with E-state index in [2.05, 4.69) is 17.0 Å². The first-order valence-electron chi connectivity index (χ1n) is 10.7. The number of halogens is 1. The monoisotopic (exact) mass is 502 g/mol. The van der Waals surface area contributed by atoms with Crippen LogP contribution >= 0.6 is 22.9 Å². The van der Waals surface area contributed by atoms with E-state index in [0.29, 0.717) is 22.4 Å². The molecule has 0 saturated heterocycles. The normalized spacial score (nSPS) is 12.4. The van der Waals surface area contributed by atoms with Crippen LogP contribution < -0.4 is 10.9 Å². The van der Waals surface area contributed by atoms with Crippen LogP contribution in [0.3, 0.4) is 0 Å². The van der Waals surface area contributed by atoms with Crippen molar-refractivity contribution in [3.63, 3.8) is 0 Å². The number of nitrogens with zero attached hydrogens (tertiary/aromatic N) is 3. The van der Waals surface area contributed by atoms with Crippen molar-refractivity contribution >= 4 is 40.6 Å². The van der Waals surface area contributed by atoms with Gasteiger partial charge in [0.15, 0.2) is 0 Å². The molecular weight excluding hydrogens is 476 g/mol. The van der Waals surface area contributed by atoms with E-state index in [-0.39, 0.29) is 30.0 Å². The second-order valence-electron chi connectivity index (χ2n) is 8.88. The minimum absolute atomic E-state index is 0.0000979. The molecule has 34 heavy (non-hydrogen) atoms. The molecular formula is C24H27ClN4O4S. The van der Waals surface area contributed by atoms with Gasteiger partial charge < -0.3 is 15.0 Å². The Morgan fingerprint density at radius 1 is 1.32 bits per heavy atom. The van der Waals surface area contributed by atoms with Gasteiger partial charge >= 0.3 is 5.97 Å². The molecule has 3 aromatic heterocycles. The van der Waals surface area contributed by atoms with E-state index in [1.54, 1.807) is 51.2 Å². The Hall–Kier alpha value is -3.17. The van der Waals surface area contributed by atoms with E-state index < -0.39 is 17.3 Å². The van der Waals surface area contributed by atoms with Gasteiger partial charge in [0.1, 0.15) is 11.5 Å². The number of hydrogen-bond acceptors (Lipinski definition) is 6. The highest BCUT2D eigenvalue weighted by molar-refractivity contribution is 7.16. The summed E-state index contributed by atoms with van der Waals surface area (Å²) in [6.45, 7) is 9.40. The molecule has 1 atom stereocenters. The van der Waals surface area contributed by atoms with Crippen molar-refractivity contribution in [2.75, 3.05) is 5.32 Å². The van der Waals surface area contributed by atoms with E-state index in [4.69, 9.17) is 11.6 Å². The van der Waals surface area contributed by atoms with Crippen LogP contribution in [0.15, 0.2) is 54.0 Å². The minimum atomic E-state index is -1.00. The average Bonchev–Trinajstić information content (AvgIpc) is 3.37. The van der Waals surface area contributed by atoms with Crippen LogP contribution in [0.5, 0.6) is 0 Å². The number of rotatable bonds is 9. The van der Waals surface area contributed by atoms with Crippen LogP contribution in [0.1, 0.15) is 36.9 Å². The van der Waals surface area contributed by atoms with Gasteiger partial charge in [0, 0.05) is 29.1 Å². The Labute approximate surface area is 206 Å². The molecule has 0 bridgehead atoms. The largest absolute Gasteiger partial charge is 0.481 e. The Bertz CT molecular complexity index is 1270. The molecule has 3 heterocycles. The molecule has 3 rings (SSSR count). The highest BCUT2D eigenvalue weighted by Gasteiger charge is 2.27. The van der Waals surface area contributed by atoms with Gasteiger partial charge in [0.2, 0.25) is 0 Å². The van der Waals surface area contributed by atoms with Crippen LogP contribution in [0, 0.1) is 11.3 Å². The molecule has 0 aliphatic heterocycles. The average molecular weight is 503 g/mol. The lowest BCUT2D eigenvalue weighted by Crippen LogP contribution is -2.29. The first kappa shape index (κ1) is 25.5. The standard InChI is InChI=1S/C24H27ClN4O4S/c1-5-7-15(22(31)32)14-28-11-6-8-17(21(28)30)18-12-20(26-13-16-9-10-19(25)34-16)29(27-18)23(33)24(2,3)4/h5-6,8-12,15,26H,1,7,13-14H2,2-4H3,(H,31,32). The summed E-state index contributed by atoms with van der Waals surface area (Å²) >= 11 is 7.44. The van der Waals surface area contributed by atoms with Crippen molar-refractivity contribution in [3.05, 3.63) is 68.8 Å². The van der Waals surface area contributed by atoms with Crippen LogP contribution in [0.25, 0.3) is 11.3 Å². The van der Waals surface area contributed by atoms with Gasteiger partial charge in [-0.15, -0.1) is 17.9 Å². The van der Waals surface area contributed by atoms with E-state index in [1.165, 1.54) is 26.7 Å². The van der Waals surface area contributed by atoms with Crippen LogP contribution in [-0.2, 0) is 17.9 Å². The number of carbonyl (C=O) groups excluding carboxylic acids is 1. The quantitative estimate of drug-likeness (QED) is 0.399. The summed E-state index contributed by atoms with van der Waals surface area (Å²) in [4.78, 5) is 38.8. The predicted octanol–water partition coefficient (Wildman–Crippen LogP) is 5.00. The van der Waals surface area contributed by atoms with Crippen molar-refractivity contribution in [2.45, 2.75) is 40.3 Å². The number of allylic oxidation sites excluding steroid dienone is 1. The van der Waals surface area contributed by atoms with Gasteiger partial charge in [-0.1, -0.05) is 38.4 Å². The lowest BCUT2D eigenvalue weighted by molar-refractivity contribution is -0.142. The van der Waals surface area contributed by atoms with Crippen molar-refractivity contribution in [1.82, 2.24) is 14.3 Å².